The molecule has 6 heteroatoms. The van der Waals surface area contributed by atoms with Gasteiger partial charge < -0.3 is 20.3 Å². The maximum absolute atomic E-state index is 12.1. The number of hydrogen-bond donors (Lipinski definition) is 1. The number of fused-ring (bicyclic) bond motifs is 1. The molecule has 0 aliphatic carbocycles. The molecule has 2 fully saturated rings. The number of piperidine rings is 1. The Labute approximate surface area is 120 Å². The normalized spacial score (nSPS) is 27.1. The SMILES string of the molecule is CC(C)(C)OC(=O)N1C[C@H]2CCCN(C(N)=S)[C@H]2C1. The van der Waals surface area contributed by atoms with Crippen molar-refractivity contribution in [2.24, 2.45) is 11.7 Å². The van der Waals surface area contributed by atoms with Crippen molar-refractivity contribution in [1.82, 2.24) is 9.80 Å². The Morgan fingerprint density at radius 3 is 2.63 bits per heavy atom. The highest BCUT2D eigenvalue weighted by Gasteiger charge is 2.42. The molecule has 0 radical (unpaired) electrons. The van der Waals surface area contributed by atoms with Crippen LogP contribution in [0.15, 0.2) is 0 Å². The van der Waals surface area contributed by atoms with Gasteiger partial charge in [0.15, 0.2) is 5.11 Å². The summed E-state index contributed by atoms with van der Waals surface area (Å²) < 4.78 is 5.43. The summed E-state index contributed by atoms with van der Waals surface area (Å²) in [6.07, 6.45) is 1.98. The number of nitrogens with zero attached hydrogens (tertiary/aromatic N) is 2. The number of amides is 1. The van der Waals surface area contributed by atoms with Gasteiger partial charge >= 0.3 is 6.09 Å². The molecule has 0 aromatic carbocycles. The molecule has 2 N–H and O–H groups in total. The van der Waals surface area contributed by atoms with E-state index in [-0.39, 0.29) is 12.1 Å². The van der Waals surface area contributed by atoms with E-state index in [1.165, 1.54) is 0 Å². The van der Waals surface area contributed by atoms with E-state index in [1.54, 1.807) is 4.90 Å². The topological polar surface area (TPSA) is 58.8 Å². The summed E-state index contributed by atoms with van der Waals surface area (Å²) in [6.45, 7) is 7.97. The number of carbonyl (C=O) groups is 1. The van der Waals surface area contributed by atoms with Crippen LogP contribution in [0, 0.1) is 5.92 Å². The summed E-state index contributed by atoms with van der Waals surface area (Å²) in [6, 6.07) is 0.263. The first kappa shape index (κ1) is 14.4. The highest BCUT2D eigenvalue weighted by Crippen LogP contribution is 2.31. The summed E-state index contributed by atoms with van der Waals surface area (Å²) in [7, 11) is 0. The molecule has 0 spiro atoms. The van der Waals surface area contributed by atoms with E-state index < -0.39 is 5.60 Å². The van der Waals surface area contributed by atoms with Crippen molar-refractivity contribution in [3.8, 4) is 0 Å². The molecule has 1 amide bonds. The Bertz CT molecular complexity index is 381. The van der Waals surface area contributed by atoms with Crippen LogP contribution in [-0.2, 0) is 4.74 Å². The molecule has 2 aliphatic heterocycles. The molecule has 0 unspecified atom stereocenters. The van der Waals surface area contributed by atoms with E-state index in [4.69, 9.17) is 22.7 Å². The molecule has 5 nitrogen and oxygen atoms in total. The Morgan fingerprint density at radius 1 is 1.37 bits per heavy atom. The number of nitrogens with two attached hydrogens (primary N) is 1. The first-order valence-electron chi connectivity index (χ1n) is 6.82. The highest BCUT2D eigenvalue weighted by atomic mass is 32.1. The van der Waals surface area contributed by atoms with Gasteiger partial charge in [0.2, 0.25) is 0 Å². The third-order valence-corrected chi connectivity index (χ3v) is 3.95. The van der Waals surface area contributed by atoms with E-state index in [2.05, 4.69) is 4.90 Å². The van der Waals surface area contributed by atoms with Crippen LogP contribution in [0.1, 0.15) is 33.6 Å². The number of likely N-dealkylation sites (tertiary alicyclic amines) is 2. The Balaban J connectivity index is 2.01. The van der Waals surface area contributed by atoms with Crippen LogP contribution in [0.2, 0.25) is 0 Å². The summed E-state index contributed by atoms with van der Waals surface area (Å²) in [5.41, 5.74) is 5.32. The quantitative estimate of drug-likeness (QED) is 0.685. The van der Waals surface area contributed by atoms with Crippen molar-refractivity contribution >= 4 is 23.4 Å². The van der Waals surface area contributed by atoms with Gasteiger partial charge in [0, 0.05) is 19.6 Å². The molecule has 2 heterocycles. The van der Waals surface area contributed by atoms with Crippen molar-refractivity contribution < 1.29 is 9.53 Å². The average Bonchev–Trinajstić information content (AvgIpc) is 2.69. The van der Waals surface area contributed by atoms with Crippen LogP contribution in [0.5, 0.6) is 0 Å². The number of carbonyl (C=O) groups excluding carboxylic acids is 1. The standard InChI is InChI=1S/C13H23N3O2S/c1-13(2,3)18-12(17)15-7-9-5-4-6-16(11(14)19)10(9)8-15/h9-10H,4-8H2,1-3H3,(H2,14,19)/t9-,10+/m1/s1. The van der Waals surface area contributed by atoms with Gasteiger partial charge in [-0.1, -0.05) is 0 Å². The number of ether oxygens (including phenoxy) is 1. The fourth-order valence-corrected chi connectivity index (χ4v) is 3.16. The molecule has 108 valence electrons. The van der Waals surface area contributed by atoms with E-state index in [0.717, 1.165) is 25.9 Å². The molecule has 0 saturated carbocycles. The third-order valence-electron chi connectivity index (χ3n) is 3.72. The number of hydrogen-bond acceptors (Lipinski definition) is 3. The monoisotopic (exact) mass is 285 g/mol. The van der Waals surface area contributed by atoms with Gasteiger partial charge in [0.1, 0.15) is 5.60 Å². The van der Waals surface area contributed by atoms with Crippen molar-refractivity contribution in [3.63, 3.8) is 0 Å². The summed E-state index contributed by atoms with van der Waals surface area (Å²) in [5, 5.41) is 0.445. The predicted molar refractivity (Wildman–Crippen MR) is 77.8 cm³/mol. The maximum Gasteiger partial charge on any atom is 0.410 e. The van der Waals surface area contributed by atoms with Crippen LogP contribution in [-0.4, -0.2) is 52.3 Å². The smallest absolute Gasteiger partial charge is 0.410 e. The van der Waals surface area contributed by atoms with Crippen molar-refractivity contribution in [2.45, 2.75) is 45.3 Å². The van der Waals surface area contributed by atoms with Crippen LogP contribution in [0.4, 0.5) is 4.79 Å². The second kappa shape index (κ2) is 5.15. The van der Waals surface area contributed by atoms with Gasteiger partial charge in [0.25, 0.3) is 0 Å². The minimum atomic E-state index is -0.451. The zero-order chi connectivity index (χ0) is 14.2. The van der Waals surface area contributed by atoms with Crippen LogP contribution in [0.25, 0.3) is 0 Å². The fraction of sp³-hybridized carbons (Fsp3) is 0.846. The van der Waals surface area contributed by atoms with Crippen LogP contribution < -0.4 is 5.73 Å². The molecule has 2 aliphatic rings. The van der Waals surface area contributed by atoms with Crippen LogP contribution >= 0.6 is 12.2 Å². The first-order chi connectivity index (χ1) is 8.78. The Hall–Kier alpha value is -1.04. The molecule has 2 saturated heterocycles. The summed E-state index contributed by atoms with van der Waals surface area (Å²) in [5.74, 6) is 0.461. The molecule has 0 bridgehead atoms. The van der Waals surface area contributed by atoms with Crippen LogP contribution in [0.3, 0.4) is 0 Å². The molecule has 0 aromatic rings. The van der Waals surface area contributed by atoms with E-state index in [9.17, 15) is 4.79 Å². The lowest BCUT2D eigenvalue weighted by Gasteiger charge is -2.37. The van der Waals surface area contributed by atoms with Gasteiger partial charge in [-0.25, -0.2) is 4.79 Å². The van der Waals surface area contributed by atoms with Crippen molar-refractivity contribution in [3.05, 3.63) is 0 Å². The first-order valence-corrected chi connectivity index (χ1v) is 7.23. The minimum Gasteiger partial charge on any atom is -0.444 e. The number of thiocarbonyl (C=S) groups is 1. The van der Waals surface area contributed by atoms with E-state index in [0.29, 0.717) is 17.6 Å². The second-order valence-electron chi connectivity index (χ2n) is 6.39. The zero-order valence-corrected chi connectivity index (χ0v) is 12.7. The lowest BCUT2D eigenvalue weighted by atomic mass is 9.92. The molecular formula is C13H23N3O2S. The molecule has 2 rings (SSSR count). The van der Waals surface area contributed by atoms with Gasteiger partial charge in [-0.05, 0) is 51.7 Å². The summed E-state index contributed by atoms with van der Waals surface area (Å²) >= 11 is 5.10. The van der Waals surface area contributed by atoms with Gasteiger partial charge in [-0.3, -0.25) is 0 Å². The summed E-state index contributed by atoms with van der Waals surface area (Å²) in [4.78, 5) is 16.0. The second-order valence-corrected chi connectivity index (χ2v) is 6.80. The predicted octanol–water partition coefficient (Wildman–Crippen LogP) is 1.56. The van der Waals surface area contributed by atoms with Gasteiger partial charge in [0.05, 0.1) is 6.04 Å². The van der Waals surface area contributed by atoms with Crippen molar-refractivity contribution in [1.29, 1.82) is 0 Å². The van der Waals surface area contributed by atoms with E-state index in [1.807, 2.05) is 20.8 Å². The van der Waals surface area contributed by atoms with Gasteiger partial charge in [-0.2, -0.15) is 0 Å². The van der Waals surface area contributed by atoms with E-state index >= 15 is 0 Å². The highest BCUT2D eigenvalue weighted by molar-refractivity contribution is 7.80. The molecule has 19 heavy (non-hydrogen) atoms. The van der Waals surface area contributed by atoms with Gasteiger partial charge in [-0.15, -0.1) is 0 Å². The molecular weight excluding hydrogens is 262 g/mol. The average molecular weight is 285 g/mol. The third kappa shape index (κ3) is 3.29. The lowest BCUT2D eigenvalue weighted by Crippen LogP contribution is -2.50. The molecule has 0 aromatic heterocycles. The largest absolute Gasteiger partial charge is 0.444 e. The zero-order valence-electron chi connectivity index (χ0n) is 11.9. The minimum absolute atomic E-state index is 0.232. The molecule has 2 atom stereocenters. The maximum atomic E-state index is 12.1. The fourth-order valence-electron chi connectivity index (χ4n) is 2.93. The van der Waals surface area contributed by atoms with Crippen molar-refractivity contribution in [2.75, 3.05) is 19.6 Å². The Morgan fingerprint density at radius 2 is 2.05 bits per heavy atom. The Kier molecular flexibility index (Phi) is 3.90. The lowest BCUT2D eigenvalue weighted by molar-refractivity contribution is 0.0284. The number of rotatable bonds is 0.